The van der Waals surface area contributed by atoms with Crippen LogP contribution in [0.15, 0.2) is 42.5 Å². The number of nitrogens with one attached hydrogen (secondary N) is 1. The number of hydrogen-bond donors (Lipinski definition) is 1. The highest BCUT2D eigenvalue weighted by Gasteiger charge is 2.30. The summed E-state index contributed by atoms with van der Waals surface area (Å²) >= 11 is 6.33. The molecule has 34 heavy (non-hydrogen) atoms. The molecule has 0 aliphatic carbocycles. The first-order valence-corrected chi connectivity index (χ1v) is 13.4. The quantitative estimate of drug-likeness (QED) is 0.525. The van der Waals surface area contributed by atoms with Crippen LogP contribution in [0.3, 0.4) is 0 Å². The molecule has 2 amide bonds. The number of amides is 2. The fraction of sp³-hybridized carbons (Fsp3) is 0.440. The van der Waals surface area contributed by atoms with Gasteiger partial charge in [-0.05, 0) is 69.0 Å². The van der Waals surface area contributed by atoms with Crippen molar-refractivity contribution in [1.82, 2.24) is 10.2 Å². The molecular weight excluding hydrogens is 474 g/mol. The van der Waals surface area contributed by atoms with Crippen LogP contribution < -0.4 is 9.62 Å². The Balaban J connectivity index is 2.43. The molecule has 0 aromatic heterocycles. The summed E-state index contributed by atoms with van der Waals surface area (Å²) in [6.07, 6.45) is 1.81. The monoisotopic (exact) mass is 507 g/mol. The molecule has 0 aliphatic rings. The highest BCUT2D eigenvalue weighted by molar-refractivity contribution is 7.92. The van der Waals surface area contributed by atoms with Crippen LogP contribution >= 0.6 is 11.6 Å². The summed E-state index contributed by atoms with van der Waals surface area (Å²) in [6, 6.07) is 11.5. The standard InChI is InChI=1S/C25H34ClN3O4S/c1-7-19(4)27-25(31)20(5)28(15-21-10-8-9-11-23(21)26)24(30)16-29(34(6,32)33)22-13-17(2)12-18(3)14-22/h8-14,19-20H,7,15-16H2,1-6H3,(H,27,31)/t19-,20+/m1/s1. The molecule has 0 bridgehead atoms. The van der Waals surface area contributed by atoms with Crippen molar-refractivity contribution in [3.63, 3.8) is 0 Å². The number of sulfonamides is 1. The predicted octanol–water partition coefficient (Wildman–Crippen LogP) is 4.05. The van der Waals surface area contributed by atoms with Crippen molar-refractivity contribution in [3.8, 4) is 0 Å². The lowest BCUT2D eigenvalue weighted by Crippen LogP contribution is -2.52. The fourth-order valence-corrected chi connectivity index (χ4v) is 4.60. The van der Waals surface area contributed by atoms with Gasteiger partial charge < -0.3 is 10.2 Å². The number of carbonyl (C=O) groups excluding carboxylic acids is 2. The van der Waals surface area contributed by atoms with E-state index in [0.717, 1.165) is 28.1 Å². The van der Waals surface area contributed by atoms with Gasteiger partial charge >= 0.3 is 0 Å². The van der Waals surface area contributed by atoms with Gasteiger partial charge in [-0.1, -0.05) is 42.8 Å². The summed E-state index contributed by atoms with van der Waals surface area (Å²) in [5, 5.41) is 3.36. The number of nitrogens with zero attached hydrogens (tertiary/aromatic N) is 2. The van der Waals surface area contributed by atoms with Gasteiger partial charge in [0, 0.05) is 17.6 Å². The molecule has 186 valence electrons. The number of benzene rings is 2. The van der Waals surface area contributed by atoms with Crippen LogP contribution in [0.1, 0.15) is 43.9 Å². The Labute approximate surface area is 208 Å². The lowest BCUT2D eigenvalue weighted by Gasteiger charge is -2.32. The van der Waals surface area contributed by atoms with Crippen molar-refractivity contribution in [2.45, 2.75) is 59.7 Å². The summed E-state index contributed by atoms with van der Waals surface area (Å²) in [7, 11) is -3.77. The van der Waals surface area contributed by atoms with Crippen LogP contribution in [0.5, 0.6) is 0 Å². The minimum Gasteiger partial charge on any atom is -0.352 e. The largest absolute Gasteiger partial charge is 0.352 e. The lowest BCUT2D eigenvalue weighted by atomic mass is 10.1. The second-order valence-corrected chi connectivity index (χ2v) is 11.0. The van der Waals surface area contributed by atoms with Crippen LogP contribution in [0.2, 0.25) is 5.02 Å². The van der Waals surface area contributed by atoms with Gasteiger partial charge in [0.25, 0.3) is 0 Å². The molecule has 0 saturated heterocycles. The molecule has 9 heteroatoms. The molecule has 2 rings (SSSR count). The van der Waals surface area contributed by atoms with Crippen LogP contribution in [0, 0.1) is 13.8 Å². The van der Waals surface area contributed by atoms with Crippen molar-refractivity contribution < 1.29 is 18.0 Å². The van der Waals surface area contributed by atoms with Crippen LogP contribution in [-0.2, 0) is 26.2 Å². The first-order chi connectivity index (χ1) is 15.8. The molecule has 0 aliphatic heterocycles. The molecule has 7 nitrogen and oxygen atoms in total. The summed E-state index contributed by atoms with van der Waals surface area (Å²) < 4.78 is 26.4. The van der Waals surface area contributed by atoms with E-state index >= 15 is 0 Å². The third-order valence-corrected chi connectivity index (χ3v) is 7.15. The Kier molecular flexibility index (Phi) is 9.53. The van der Waals surface area contributed by atoms with E-state index in [1.54, 1.807) is 43.3 Å². The number of halogens is 1. The molecule has 1 N–H and O–H groups in total. The van der Waals surface area contributed by atoms with E-state index < -0.39 is 28.5 Å². The predicted molar refractivity (Wildman–Crippen MR) is 137 cm³/mol. The number of hydrogen-bond acceptors (Lipinski definition) is 4. The normalized spacial score (nSPS) is 13.1. The maximum absolute atomic E-state index is 13.6. The van der Waals surface area contributed by atoms with Crippen molar-refractivity contribution >= 4 is 39.1 Å². The molecule has 2 atom stereocenters. The Bertz CT molecular complexity index is 1120. The van der Waals surface area contributed by atoms with Gasteiger partial charge in [-0.2, -0.15) is 0 Å². The van der Waals surface area contributed by atoms with E-state index in [1.165, 1.54) is 4.90 Å². The number of aryl methyl sites for hydroxylation is 2. The average Bonchev–Trinajstić information content (AvgIpc) is 2.74. The zero-order chi connectivity index (χ0) is 25.6. The molecule has 0 heterocycles. The third kappa shape index (κ3) is 7.46. The Hall–Kier alpha value is -2.58. The molecular formula is C25H34ClN3O4S. The minimum atomic E-state index is -3.77. The molecule has 0 unspecified atom stereocenters. The summed E-state index contributed by atoms with van der Waals surface area (Å²) in [5.41, 5.74) is 2.83. The average molecular weight is 508 g/mol. The molecule has 2 aromatic carbocycles. The Morgan fingerprint density at radius 1 is 1.06 bits per heavy atom. The Morgan fingerprint density at radius 2 is 1.65 bits per heavy atom. The van der Waals surface area contributed by atoms with Crippen molar-refractivity contribution in [2.75, 3.05) is 17.1 Å². The number of carbonyl (C=O) groups is 2. The first-order valence-electron chi connectivity index (χ1n) is 11.2. The maximum Gasteiger partial charge on any atom is 0.244 e. The van der Waals surface area contributed by atoms with Gasteiger partial charge in [-0.15, -0.1) is 0 Å². The minimum absolute atomic E-state index is 0.0602. The zero-order valence-corrected chi connectivity index (χ0v) is 22.2. The molecule has 0 saturated carbocycles. The van der Waals surface area contributed by atoms with Gasteiger partial charge in [0.1, 0.15) is 12.6 Å². The number of anilines is 1. The summed E-state index contributed by atoms with van der Waals surface area (Å²) in [4.78, 5) is 27.8. The summed E-state index contributed by atoms with van der Waals surface area (Å²) in [6.45, 7) is 8.83. The van der Waals surface area contributed by atoms with E-state index in [9.17, 15) is 18.0 Å². The van der Waals surface area contributed by atoms with Crippen molar-refractivity contribution in [2.24, 2.45) is 0 Å². The van der Waals surface area contributed by atoms with E-state index in [4.69, 9.17) is 11.6 Å². The highest BCUT2D eigenvalue weighted by Crippen LogP contribution is 2.23. The van der Waals surface area contributed by atoms with Crippen LogP contribution in [0.4, 0.5) is 5.69 Å². The Morgan fingerprint density at radius 3 is 2.18 bits per heavy atom. The molecule has 0 fully saturated rings. The zero-order valence-electron chi connectivity index (χ0n) is 20.6. The van der Waals surface area contributed by atoms with Crippen LogP contribution in [0.25, 0.3) is 0 Å². The molecule has 0 radical (unpaired) electrons. The SMILES string of the molecule is CC[C@@H](C)NC(=O)[C@H](C)N(Cc1ccccc1Cl)C(=O)CN(c1cc(C)cc(C)c1)S(C)(=O)=O. The van der Waals surface area contributed by atoms with Gasteiger partial charge in [0.15, 0.2) is 0 Å². The van der Waals surface area contributed by atoms with Crippen molar-refractivity contribution in [3.05, 3.63) is 64.2 Å². The van der Waals surface area contributed by atoms with Crippen molar-refractivity contribution in [1.29, 1.82) is 0 Å². The second-order valence-electron chi connectivity index (χ2n) is 8.72. The van der Waals surface area contributed by atoms with Gasteiger partial charge in [-0.25, -0.2) is 8.42 Å². The molecule has 0 spiro atoms. The van der Waals surface area contributed by atoms with E-state index in [0.29, 0.717) is 16.3 Å². The second kappa shape index (κ2) is 11.7. The van der Waals surface area contributed by atoms with Gasteiger partial charge in [-0.3, -0.25) is 13.9 Å². The van der Waals surface area contributed by atoms with Crippen LogP contribution in [-0.4, -0.2) is 50.0 Å². The topological polar surface area (TPSA) is 86.8 Å². The highest BCUT2D eigenvalue weighted by atomic mass is 35.5. The first kappa shape index (κ1) is 27.7. The fourth-order valence-electron chi connectivity index (χ4n) is 3.57. The third-order valence-electron chi connectivity index (χ3n) is 5.64. The molecule has 2 aromatic rings. The smallest absolute Gasteiger partial charge is 0.244 e. The van der Waals surface area contributed by atoms with Gasteiger partial charge in [0.05, 0.1) is 11.9 Å². The van der Waals surface area contributed by atoms with E-state index in [1.807, 2.05) is 33.8 Å². The van der Waals surface area contributed by atoms with E-state index in [2.05, 4.69) is 5.32 Å². The van der Waals surface area contributed by atoms with E-state index in [-0.39, 0.29) is 18.5 Å². The van der Waals surface area contributed by atoms with Gasteiger partial charge in [0.2, 0.25) is 21.8 Å². The number of rotatable bonds is 10. The summed E-state index contributed by atoms with van der Waals surface area (Å²) in [5.74, 6) is -0.816. The lowest BCUT2D eigenvalue weighted by molar-refractivity contribution is -0.139. The maximum atomic E-state index is 13.6.